The first-order chi connectivity index (χ1) is 9.13. The molecule has 2 N–H and O–H groups in total. The van der Waals surface area contributed by atoms with Crippen LogP contribution in [0.1, 0.15) is 36.0 Å². The molecule has 1 aromatic rings. The first-order valence-electron chi connectivity index (χ1n) is 6.52. The fourth-order valence-corrected chi connectivity index (χ4v) is 2.80. The number of phenolic OH excluding ortho intramolecular Hbond substituents is 2. The van der Waals surface area contributed by atoms with Gasteiger partial charge in [-0.05, 0) is 43.9 Å². The number of carbonyl (C=O) groups excluding carboxylic acids is 1. The van der Waals surface area contributed by atoms with Crippen LogP contribution in [0.4, 0.5) is 0 Å². The summed E-state index contributed by atoms with van der Waals surface area (Å²) in [6.07, 6.45) is 3.76. The van der Waals surface area contributed by atoms with Gasteiger partial charge in [0.25, 0.3) is 5.91 Å². The molecule has 0 bridgehead atoms. The summed E-state index contributed by atoms with van der Waals surface area (Å²) in [6.45, 7) is 0.676. The van der Waals surface area contributed by atoms with Gasteiger partial charge in [-0.3, -0.25) is 4.79 Å². The van der Waals surface area contributed by atoms with Gasteiger partial charge in [-0.25, -0.2) is 0 Å². The monoisotopic (exact) mass is 283 g/mol. The summed E-state index contributed by atoms with van der Waals surface area (Å²) in [5.41, 5.74) is 0.154. The molecule has 0 radical (unpaired) electrons. The summed E-state index contributed by atoms with van der Waals surface area (Å²) in [7, 11) is 0. The minimum Gasteiger partial charge on any atom is -0.508 e. The number of likely N-dealkylation sites (tertiary alicyclic amines) is 1. The highest BCUT2D eigenvalue weighted by Crippen LogP contribution is 2.27. The van der Waals surface area contributed by atoms with Crippen molar-refractivity contribution in [2.24, 2.45) is 0 Å². The van der Waals surface area contributed by atoms with Crippen LogP contribution in [0.5, 0.6) is 11.5 Å². The van der Waals surface area contributed by atoms with Crippen molar-refractivity contribution in [3.05, 3.63) is 23.8 Å². The van der Waals surface area contributed by atoms with E-state index in [-0.39, 0.29) is 29.0 Å². The lowest BCUT2D eigenvalue weighted by atomic mass is 9.98. The van der Waals surface area contributed by atoms with E-state index in [9.17, 15) is 15.0 Å². The molecule has 1 fully saturated rings. The van der Waals surface area contributed by atoms with Crippen LogP contribution in [0.15, 0.2) is 18.2 Å². The van der Waals surface area contributed by atoms with Crippen molar-refractivity contribution in [3.8, 4) is 11.5 Å². The van der Waals surface area contributed by atoms with Crippen molar-refractivity contribution >= 4 is 17.5 Å². The molecule has 0 saturated carbocycles. The lowest BCUT2D eigenvalue weighted by molar-refractivity contribution is 0.0606. The molecule has 1 saturated heterocycles. The molecule has 0 spiro atoms. The third-order valence-corrected chi connectivity index (χ3v) is 3.76. The quantitative estimate of drug-likeness (QED) is 0.662. The number of halogens is 1. The minimum absolute atomic E-state index is 0.0212. The van der Waals surface area contributed by atoms with Crippen molar-refractivity contribution in [1.29, 1.82) is 0 Å². The Balaban J connectivity index is 2.23. The summed E-state index contributed by atoms with van der Waals surface area (Å²) in [4.78, 5) is 14.2. The summed E-state index contributed by atoms with van der Waals surface area (Å²) in [6, 6.07) is 4.13. The molecule has 1 unspecified atom stereocenters. The first-order valence-corrected chi connectivity index (χ1v) is 7.06. The maximum Gasteiger partial charge on any atom is 0.257 e. The lowest BCUT2D eigenvalue weighted by Gasteiger charge is -2.35. The number of phenols is 2. The van der Waals surface area contributed by atoms with Gasteiger partial charge >= 0.3 is 0 Å². The van der Waals surface area contributed by atoms with Crippen LogP contribution in [-0.4, -0.2) is 39.5 Å². The highest BCUT2D eigenvalue weighted by Gasteiger charge is 2.28. The molecule has 1 heterocycles. The Morgan fingerprint density at radius 3 is 2.89 bits per heavy atom. The van der Waals surface area contributed by atoms with Gasteiger partial charge in [-0.15, -0.1) is 11.6 Å². The number of alkyl halides is 1. The van der Waals surface area contributed by atoms with E-state index >= 15 is 0 Å². The second kappa shape index (κ2) is 6.15. The Hall–Kier alpha value is -1.42. The van der Waals surface area contributed by atoms with Crippen LogP contribution in [-0.2, 0) is 0 Å². The summed E-state index contributed by atoms with van der Waals surface area (Å²) in [5.74, 6) is 0.161. The topological polar surface area (TPSA) is 60.8 Å². The predicted octanol–water partition coefficient (Wildman–Crippen LogP) is 2.72. The maximum absolute atomic E-state index is 12.5. The van der Waals surface area contributed by atoms with Crippen LogP contribution in [0.2, 0.25) is 0 Å². The second-order valence-electron chi connectivity index (χ2n) is 4.83. The SMILES string of the molecule is O=C(c1cc(O)ccc1O)N1CCCCC1CCCl. The molecule has 0 aliphatic carbocycles. The lowest BCUT2D eigenvalue weighted by Crippen LogP contribution is -2.44. The number of nitrogens with zero attached hydrogens (tertiary/aromatic N) is 1. The number of amides is 1. The van der Waals surface area contributed by atoms with Gasteiger partial charge in [0.05, 0.1) is 5.56 Å². The Morgan fingerprint density at radius 1 is 1.37 bits per heavy atom. The average Bonchev–Trinajstić information content (AvgIpc) is 2.42. The summed E-state index contributed by atoms with van der Waals surface area (Å²) in [5, 5.41) is 19.2. The Labute approximate surface area is 117 Å². The fraction of sp³-hybridized carbons (Fsp3) is 0.500. The van der Waals surface area contributed by atoms with Gasteiger partial charge in [-0.2, -0.15) is 0 Å². The standard InChI is InChI=1S/C14H18ClNO3/c15-7-6-10-3-1-2-8-16(10)14(19)12-9-11(17)4-5-13(12)18/h4-5,9-10,17-18H,1-3,6-8H2. The third-order valence-electron chi connectivity index (χ3n) is 3.54. The van der Waals surface area contributed by atoms with E-state index in [1.165, 1.54) is 18.2 Å². The zero-order valence-corrected chi connectivity index (χ0v) is 11.4. The molecular weight excluding hydrogens is 266 g/mol. The predicted molar refractivity (Wildman–Crippen MR) is 73.8 cm³/mol. The number of carbonyl (C=O) groups is 1. The molecule has 19 heavy (non-hydrogen) atoms. The normalized spacial score (nSPS) is 19.4. The largest absolute Gasteiger partial charge is 0.508 e. The fourth-order valence-electron chi connectivity index (χ4n) is 2.54. The van der Waals surface area contributed by atoms with Gasteiger partial charge in [0.2, 0.25) is 0 Å². The number of benzene rings is 1. The summed E-state index contributed by atoms with van der Waals surface area (Å²) >= 11 is 5.78. The van der Waals surface area contributed by atoms with Crippen LogP contribution >= 0.6 is 11.6 Å². The van der Waals surface area contributed by atoms with Crippen LogP contribution in [0.3, 0.4) is 0 Å². The van der Waals surface area contributed by atoms with Crippen LogP contribution in [0, 0.1) is 0 Å². The Bertz CT molecular complexity index is 462. The molecule has 1 amide bonds. The number of hydrogen-bond acceptors (Lipinski definition) is 3. The Morgan fingerprint density at radius 2 is 2.16 bits per heavy atom. The number of aromatic hydroxyl groups is 2. The van der Waals surface area contributed by atoms with Crippen molar-refractivity contribution in [3.63, 3.8) is 0 Å². The first kappa shape index (κ1) is 14.0. The molecule has 1 aliphatic rings. The van der Waals surface area contributed by atoms with E-state index in [2.05, 4.69) is 0 Å². The minimum atomic E-state index is -0.233. The number of rotatable bonds is 3. The molecule has 1 aliphatic heterocycles. The van der Waals surface area contributed by atoms with E-state index in [1.807, 2.05) is 0 Å². The zero-order chi connectivity index (χ0) is 13.8. The molecule has 104 valence electrons. The van der Waals surface area contributed by atoms with Crippen molar-refractivity contribution < 1.29 is 15.0 Å². The molecule has 4 nitrogen and oxygen atoms in total. The van der Waals surface area contributed by atoms with Gasteiger partial charge in [0, 0.05) is 18.5 Å². The van der Waals surface area contributed by atoms with E-state index < -0.39 is 0 Å². The average molecular weight is 284 g/mol. The van der Waals surface area contributed by atoms with Gasteiger partial charge < -0.3 is 15.1 Å². The molecule has 0 aromatic heterocycles. The van der Waals surface area contributed by atoms with Crippen molar-refractivity contribution in [2.45, 2.75) is 31.7 Å². The molecule has 2 rings (SSSR count). The number of hydrogen-bond donors (Lipinski definition) is 2. The van der Waals surface area contributed by atoms with Crippen LogP contribution in [0.25, 0.3) is 0 Å². The van der Waals surface area contributed by atoms with E-state index in [4.69, 9.17) is 11.6 Å². The van der Waals surface area contributed by atoms with Gasteiger partial charge in [0.1, 0.15) is 11.5 Å². The molecule has 5 heteroatoms. The maximum atomic E-state index is 12.5. The Kier molecular flexibility index (Phi) is 4.53. The third kappa shape index (κ3) is 3.13. The van der Waals surface area contributed by atoms with E-state index in [0.717, 1.165) is 25.7 Å². The molecular formula is C14H18ClNO3. The highest BCUT2D eigenvalue weighted by molar-refractivity contribution is 6.17. The van der Waals surface area contributed by atoms with E-state index in [1.54, 1.807) is 4.90 Å². The van der Waals surface area contributed by atoms with E-state index in [0.29, 0.717) is 12.4 Å². The highest BCUT2D eigenvalue weighted by atomic mass is 35.5. The van der Waals surface area contributed by atoms with Crippen LogP contribution < -0.4 is 0 Å². The second-order valence-corrected chi connectivity index (χ2v) is 5.21. The smallest absolute Gasteiger partial charge is 0.257 e. The number of piperidine rings is 1. The molecule has 1 atom stereocenters. The van der Waals surface area contributed by atoms with Gasteiger partial charge in [-0.1, -0.05) is 0 Å². The summed E-state index contributed by atoms with van der Waals surface area (Å²) < 4.78 is 0. The van der Waals surface area contributed by atoms with Crippen molar-refractivity contribution in [1.82, 2.24) is 4.90 Å². The van der Waals surface area contributed by atoms with Gasteiger partial charge in [0.15, 0.2) is 0 Å². The zero-order valence-electron chi connectivity index (χ0n) is 10.7. The van der Waals surface area contributed by atoms with Crippen molar-refractivity contribution in [2.75, 3.05) is 12.4 Å². The molecule has 1 aromatic carbocycles.